The molecule has 3 N–H and O–H groups in total. The Morgan fingerprint density at radius 1 is 1.17 bits per heavy atom. The van der Waals surface area contributed by atoms with Crippen molar-refractivity contribution in [3.8, 4) is 0 Å². The molecule has 0 bridgehead atoms. The van der Waals surface area contributed by atoms with Crippen LogP contribution in [-0.4, -0.2) is 49.9 Å². The molecular weight excluding hydrogens is 318 g/mol. The molecule has 0 saturated carbocycles. The van der Waals surface area contributed by atoms with Crippen LogP contribution in [0.25, 0.3) is 0 Å². The number of rotatable bonds is 6. The maximum absolute atomic E-state index is 12.2. The van der Waals surface area contributed by atoms with Crippen molar-refractivity contribution in [3.63, 3.8) is 0 Å². The Morgan fingerprint density at radius 2 is 1.78 bits per heavy atom. The number of nitrogens with one attached hydrogen (secondary N) is 1. The number of sulfonamides is 1. The Bertz CT molecular complexity index is 653. The monoisotopic (exact) mass is 339 g/mol. The van der Waals surface area contributed by atoms with Crippen molar-refractivity contribution in [3.05, 3.63) is 35.9 Å². The molecular formula is C15H21N3O4S. The van der Waals surface area contributed by atoms with Crippen LogP contribution in [0.1, 0.15) is 23.2 Å². The Morgan fingerprint density at radius 3 is 2.35 bits per heavy atom. The third-order valence-electron chi connectivity index (χ3n) is 3.93. The van der Waals surface area contributed by atoms with E-state index in [4.69, 9.17) is 5.73 Å². The van der Waals surface area contributed by atoms with E-state index >= 15 is 0 Å². The highest BCUT2D eigenvalue weighted by molar-refractivity contribution is 7.89. The van der Waals surface area contributed by atoms with Gasteiger partial charge in [0.05, 0.1) is 5.75 Å². The summed E-state index contributed by atoms with van der Waals surface area (Å²) in [6, 6.07) is 8.62. The van der Waals surface area contributed by atoms with Crippen LogP contribution < -0.4 is 11.1 Å². The number of amides is 2. The smallest absolute Gasteiger partial charge is 0.251 e. The quantitative estimate of drug-likeness (QED) is 0.757. The number of primary amides is 1. The van der Waals surface area contributed by atoms with Crippen LogP contribution in [0.3, 0.4) is 0 Å². The van der Waals surface area contributed by atoms with Gasteiger partial charge in [0.2, 0.25) is 15.9 Å². The Balaban J connectivity index is 1.81. The lowest BCUT2D eigenvalue weighted by atomic mass is 9.98. The predicted octanol–water partition coefficient (Wildman–Crippen LogP) is -0.0565. The fraction of sp³-hybridized carbons (Fsp3) is 0.467. The highest BCUT2D eigenvalue weighted by atomic mass is 32.2. The zero-order valence-electron chi connectivity index (χ0n) is 12.8. The summed E-state index contributed by atoms with van der Waals surface area (Å²) >= 11 is 0. The second-order valence-corrected chi connectivity index (χ2v) is 7.60. The fourth-order valence-corrected chi connectivity index (χ4v) is 3.92. The molecule has 1 aromatic rings. The first kappa shape index (κ1) is 17.4. The molecule has 8 heteroatoms. The van der Waals surface area contributed by atoms with Crippen molar-refractivity contribution in [1.29, 1.82) is 0 Å². The number of nitrogens with two attached hydrogens (primary N) is 1. The van der Waals surface area contributed by atoms with Gasteiger partial charge in [-0.05, 0) is 25.0 Å². The van der Waals surface area contributed by atoms with Crippen LogP contribution in [0.4, 0.5) is 0 Å². The Hall–Kier alpha value is -1.93. The normalized spacial score (nSPS) is 16.9. The zero-order chi connectivity index (χ0) is 16.9. The van der Waals surface area contributed by atoms with Crippen molar-refractivity contribution >= 4 is 21.8 Å². The van der Waals surface area contributed by atoms with Gasteiger partial charge in [-0.1, -0.05) is 18.2 Å². The standard InChI is InChI=1S/C15H21N3O4S/c16-14(19)12-6-9-18(10-7-12)23(21,22)11-8-17-15(20)13-4-2-1-3-5-13/h1-5,12H,6-11H2,(H2,16,19)(H,17,20). The van der Waals surface area contributed by atoms with Gasteiger partial charge in [0, 0.05) is 31.1 Å². The minimum absolute atomic E-state index is 0.0474. The average molecular weight is 339 g/mol. The van der Waals surface area contributed by atoms with Gasteiger partial charge in [0.25, 0.3) is 5.91 Å². The van der Waals surface area contributed by atoms with Crippen LogP contribution in [0, 0.1) is 5.92 Å². The van der Waals surface area contributed by atoms with E-state index in [2.05, 4.69) is 5.32 Å². The Labute approximate surface area is 135 Å². The number of benzene rings is 1. The largest absolute Gasteiger partial charge is 0.369 e. The van der Waals surface area contributed by atoms with Crippen LogP contribution >= 0.6 is 0 Å². The second kappa shape index (κ2) is 7.56. The predicted molar refractivity (Wildman–Crippen MR) is 86.1 cm³/mol. The summed E-state index contributed by atoms with van der Waals surface area (Å²) in [5.41, 5.74) is 5.73. The van der Waals surface area contributed by atoms with Gasteiger partial charge in [0.1, 0.15) is 0 Å². The number of carbonyl (C=O) groups excluding carboxylic acids is 2. The van der Waals surface area contributed by atoms with Gasteiger partial charge in [-0.2, -0.15) is 0 Å². The lowest BCUT2D eigenvalue weighted by Crippen LogP contribution is -2.44. The van der Waals surface area contributed by atoms with E-state index in [0.717, 1.165) is 0 Å². The van der Waals surface area contributed by atoms with Gasteiger partial charge < -0.3 is 11.1 Å². The number of nitrogens with zero attached hydrogens (tertiary/aromatic N) is 1. The zero-order valence-corrected chi connectivity index (χ0v) is 13.6. The molecule has 1 aromatic carbocycles. The van der Waals surface area contributed by atoms with Crippen molar-refractivity contribution in [1.82, 2.24) is 9.62 Å². The van der Waals surface area contributed by atoms with E-state index in [9.17, 15) is 18.0 Å². The van der Waals surface area contributed by atoms with Crippen LogP contribution in [0.5, 0.6) is 0 Å². The van der Waals surface area contributed by atoms with E-state index in [1.807, 2.05) is 0 Å². The van der Waals surface area contributed by atoms with Crippen molar-refractivity contribution in [2.24, 2.45) is 11.7 Å². The molecule has 2 rings (SSSR count). The summed E-state index contributed by atoms with van der Waals surface area (Å²) in [6.45, 7) is 0.636. The molecule has 1 aliphatic rings. The first-order valence-corrected chi connectivity index (χ1v) is 9.11. The van der Waals surface area contributed by atoms with Crippen molar-refractivity contribution < 1.29 is 18.0 Å². The van der Waals surface area contributed by atoms with E-state index in [1.54, 1.807) is 30.3 Å². The molecule has 0 unspecified atom stereocenters. The summed E-state index contributed by atoms with van der Waals surface area (Å²) in [5.74, 6) is -1.09. The molecule has 0 aromatic heterocycles. The third-order valence-corrected chi connectivity index (χ3v) is 5.80. The summed E-state index contributed by atoms with van der Waals surface area (Å²) in [5, 5.41) is 2.60. The van der Waals surface area contributed by atoms with Gasteiger partial charge in [-0.25, -0.2) is 12.7 Å². The molecule has 0 aliphatic carbocycles. The van der Waals surface area contributed by atoms with Crippen LogP contribution in [0.2, 0.25) is 0 Å². The first-order valence-electron chi connectivity index (χ1n) is 7.50. The number of carbonyl (C=O) groups is 2. The van der Waals surface area contributed by atoms with E-state index in [0.29, 0.717) is 31.5 Å². The summed E-state index contributed by atoms with van der Waals surface area (Å²) in [6.07, 6.45) is 0.899. The molecule has 0 atom stereocenters. The fourth-order valence-electron chi connectivity index (χ4n) is 2.53. The molecule has 1 aliphatic heterocycles. The molecule has 23 heavy (non-hydrogen) atoms. The maximum atomic E-state index is 12.2. The van der Waals surface area contributed by atoms with Gasteiger partial charge >= 0.3 is 0 Å². The number of hydrogen-bond acceptors (Lipinski definition) is 4. The van der Waals surface area contributed by atoms with Crippen molar-refractivity contribution in [2.45, 2.75) is 12.8 Å². The van der Waals surface area contributed by atoms with Crippen molar-refractivity contribution in [2.75, 3.05) is 25.4 Å². The van der Waals surface area contributed by atoms with E-state index in [-0.39, 0.29) is 30.0 Å². The minimum Gasteiger partial charge on any atom is -0.369 e. The van der Waals surface area contributed by atoms with Gasteiger partial charge in [-0.3, -0.25) is 9.59 Å². The topological polar surface area (TPSA) is 110 Å². The first-order chi connectivity index (χ1) is 10.9. The maximum Gasteiger partial charge on any atom is 0.251 e. The number of hydrogen-bond donors (Lipinski definition) is 2. The molecule has 1 heterocycles. The van der Waals surface area contributed by atoms with E-state index in [1.165, 1.54) is 4.31 Å². The molecule has 7 nitrogen and oxygen atoms in total. The summed E-state index contributed by atoms with van der Waals surface area (Å²) < 4.78 is 25.8. The highest BCUT2D eigenvalue weighted by Crippen LogP contribution is 2.19. The van der Waals surface area contributed by atoms with Gasteiger partial charge in [-0.15, -0.1) is 0 Å². The van der Waals surface area contributed by atoms with Crippen LogP contribution in [-0.2, 0) is 14.8 Å². The minimum atomic E-state index is -3.44. The van der Waals surface area contributed by atoms with Crippen LogP contribution in [0.15, 0.2) is 30.3 Å². The molecule has 0 spiro atoms. The molecule has 126 valence electrons. The summed E-state index contributed by atoms with van der Waals surface area (Å²) in [7, 11) is -3.44. The lowest BCUT2D eigenvalue weighted by Gasteiger charge is -2.29. The average Bonchev–Trinajstić information content (AvgIpc) is 2.55. The molecule has 0 radical (unpaired) electrons. The summed E-state index contributed by atoms with van der Waals surface area (Å²) in [4.78, 5) is 23.0. The van der Waals surface area contributed by atoms with Gasteiger partial charge in [0.15, 0.2) is 0 Å². The SMILES string of the molecule is NC(=O)C1CCN(S(=O)(=O)CCNC(=O)c2ccccc2)CC1. The van der Waals surface area contributed by atoms with E-state index < -0.39 is 10.0 Å². The third kappa shape index (κ3) is 4.77. The Kier molecular flexibility index (Phi) is 5.73. The molecule has 2 amide bonds. The highest BCUT2D eigenvalue weighted by Gasteiger charge is 2.29. The molecule has 1 saturated heterocycles. The second-order valence-electron chi connectivity index (χ2n) is 5.51. The molecule has 1 fully saturated rings. The lowest BCUT2D eigenvalue weighted by molar-refractivity contribution is -0.122. The number of piperidine rings is 1.